The number of rotatable bonds is 10. The minimum Gasteiger partial charge on any atom is -0.463 e. The Labute approximate surface area is 206 Å². The van der Waals surface area contributed by atoms with Crippen molar-refractivity contribution in [3.8, 4) is 5.75 Å². The number of aliphatic hydroxyl groups is 1. The van der Waals surface area contributed by atoms with Crippen molar-refractivity contribution in [2.45, 2.75) is 49.8 Å². The second-order valence-electron chi connectivity index (χ2n) is 8.42. The molecule has 3 N–H and O–H groups in total. The Bertz CT molecular complexity index is 1120. The fourth-order valence-electron chi connectivity index (χ4n) is 3.39. The minimum absolute atomic E-state index is 0.00537. The Morgan fingerprint density at radius 3 is 2.60 bits per heavy atom. The predicted molar refractivity (Wildman–Crippen MR) is 130 cm³/mol. The third kappa shape index (κ3) is 7.07. The molecule has 3 rings (SSSR count). The van der Waals surface area contributed by atoms with E-state index in [9.17, 15) is 23.7 Å². The Morgan fingerprint density at radius 1 is 1.29 bits per heavy atom. The largest absolute Gasteiger partial charge is 0.463 e. The summed E-state index contributed by atoms with van der Waals surface area (Å²) in [6, 6.07) is 9.64. The van der Waals surface area contributed by atoms with Crippen LogP contribution in [0, 0.1) is 5.92 Å². The smallest absolute Gasteiger partial charge is 0.380 e. The first-order chi connectivity index (χ1) is 16.5. The summed E-state index contributed by atoms with van der Waals surface area (Å²) < 4.78 is 46.1. The third-order valence-corrected chi connectivity index (χ3v) is 8.65. The predicted octanol–water partition coefficient (Wildman–Crippen LogP) is 3.01. The Kier molecular flexibility index (Phi) is 8.98. The van der Waals surface area contributed by atoms with E-state index in [4.69, 9.17) is 19.5 Å². The first-order valence-electron chi connectivity index (χ1n) is 11.0. The second-order valence-corrected chi connectivity index (χ2v) is 11.8. The first kappa shape index (κ1) is 27.2. The number of halogens is 1. The minimum atomic E-state index is -3.95. The van der Waals surface area contributed by atoms with E-state index in [0.29, 0.717) is 0 Å². The van der Waals surface area contributed by atoms with Gasteiger partial charge in [0.15, 0.2) is 6.17 Å². The van der Waals surface area contributed by atoms with Crippen LogP contribution in [0.25, 0.3) is 0 Å². The summed E-state index contributed by atoms with van der Waals surface area (Å²) in [5.41, 5.74) is 4.73. The molecular formula is C22H29FN3O7PS. The molecule has 2 aromatic rings. The Hall–Kier alpha value is -2.40. The number of aliphatic hydroxyl groups excluding tert-OH is 1. The van der Waals surface area contributed by atoms with Crippen molar-refractivity contribution >= 4 is 31.1 Å². The number of nitrogens with zero attached hydrogens (tertiary/aromatic N) is 2. The standard InChI is InChI=1S/C22H29FN3O7PS/c1-13(2)32-21(28)14(3)12-34(30,33-15-7-5-4-6-8-15)31-11-16-19(27)18(23)20(35-16)26-10-9-17(24)25-22(26)29/h4-10,13-14,16,18-20,27H,11-12H2,1-3H3,(H2,24,25,29)/t14-,16-,18+,19-,20-,34?/m1/s1. The molecule has 35 heavy (non-hydrogen) atoms. The molecular weight excluding hydrogens is 500 g/mol. The number of nitrogens with two attached hydrogens (primary N) is 1. The van der Waals surface area contributed by atoms with Crippen molar-refractivity contribution in [1.29, 1.82) is 0 Å². The molecule has 1 fully saturated rings. The average molecular weight is 530 g/mol. The third-order valence-electron chi connectivity index (χ3n) is 5.09. The molecule has 1 aliphatic heterocycles. The zero-order valence-electron chi connectivity index (χ0n) is 19.5. The molecule has 1 aliphatic rings. The van der Waals surface area contributed by atoms with E-state index in [0.717, 1.165) is 16.3 Å². The van der Waals surface area contributed by atoms with Crippen molar-refractivity contribution < 1.29 is 32.6 Å². The van der Waals surface area contributed by atoms with Crippen LogP contribution in [0.15, 0.2) is 47.4 Å². The molecule has 10 nitrogen and oxygen atoms in total. The molecule has 0 saturated carbocycles. The van der Waals surface area contributed by atoms with Crippen LogP contribution in [0.5, 0.6) is 5.75 Å². The maximum Gasteiger partial charge on any atom is 0.380 e. The van der Waals surface area contributed by atoms with Gasteiger partial charge < -0.3 is 20.1 Å². The molecule has 0 amide bonds. The van der Waals surface area contributed by atoms with E-state index in [-0.39, 0.29) is 30.4 Å². The van der Waals surface area contributed by atoms with Crippen molar-refractivity contribution in [2.24, 2.45) is 5.92 Å². The number of ether oxygens (including phenoxy) is 1. The Morgan fingerprint density at radius 2 is 1.97 bits per heavy atom. The molecule has 192 valence electrons. The van der Waals surface area contributed by atoms with E-state index >= 15 is 0 Å². The molecule has 1 aromatic carbocycles. The molecule has 1 aromatic heterocycles. The summed E-state index contributed by atoms with van der Waals surface area (Å²) >= 11 is 0.944. The average Bonchev–Trinajstić information content (AvgIpc) is 3.06. The number of hydrogen-bond donors (Lipinski definition) is 2. The summed E-state index contributed by atoms with van der Waals surface area (Å²) in [7, 11) is -3.95. The number of aromatic nitrogens is 2. The number of thioether (sulfide) groups is 1. The lowest BCUT2D eigenvalue weighted by atomic mass is 10.1. The van der Waals surface area contributed by atoms with Gasteiger partial charge in [-0.05, 0) is 32.0 Å². The quantitative estimate of drug-likeness (QED) is 0.348. The molecule has 6 atom stereocenters. The van der Waals surface area contributed by atoms with Gasteiger partial charge >= 0.3 is 19.3 Å². The summed E-state index contributed by atoms with van der Waals surface area (Å²) in [5.74, 6) is -1.11. The first-order valence-corrected chi connectivity index (χ1v) is 13.7. The molecule has 13 heteroatoms. The molecule has 0 radical (unpaired) electrons. The van der Waals surface area contributed by atoms with E-state index in [1.807, 2.05) is 0 Å². The van der Waals surface area contributed by atoms with E-state index in [2.05, 4.69) is 4.98 Å². The maximum atomic E-state index is 14.9. The van der Waals surface area contributed by atoms with Crippen LogP contribution in [0.2, 0.25) is 0 Å². The van der Waals surface area contributed by atoms with E-state index < -0.39 is 48.1 Å². The van der Waals surface area contributed by atoms with Gasteiger partial charge in [-0.25, -0.2) is 13.8 Å². The topological polar surface area (TPSA) is 143 Å². The van der Waals surface area contributed by atoms with Gasteiger partial charge in [0.05, 0.1) is 30.0 Å². The van der Waals surface area contributed by atoms with Gasteiger partial charge in [-0.1, -0.05) is 25.1 Å². The van der Waals surface area contributed by atoms with Gasteiger partial charge in [0.1, 0.15) is 23.0 Å². The summed E-state index contributed by atoms with van der Waals surface area (Å²) in [4.78, 5) is 28.0. The number of carbonyl (C=O) groups excluding carboxylic acids is 1. The lowest BCUT2D eigenvalue weighted by molar-refractivity contribution is -0.151. The van der Waals surface area contributed by atoms with Gasteiger partial charge in [0.2, 0.25) is 0 Å². The molecule has 0 aliphatic carbocycles. The zero-order chi connectivity index (χ0) is 25.8. The van der Waals surface area contributed by atoms with Gasteiger partial charge in [0, 0.05) is 6.20 Å². The molecule has 1 unspecified atom stereocenters. The number of para-hydroxylation sites is 1. The molecule has 0 spiro atoms. The number of benzene rings is 1. The van der Waals surface area contributed by atoms with Crippen LogP contribution < -0.4 is 15.9 Å². The fraction of sp³-hybridized carbons (Fsp3) is 0.500. The normalized spacial score (nSPS) is 24.6. The number of hydrogen-bond acceptors (Lipinski definition) is 10. The lowest BCUT2D eigenvalue weighted by Crippen LogP contribution is -2.33. The number of esters is 1. The van der Waals surface area contributed by atoms with Crippen LogP contribution in [0.1, 0.15) is 26.1 Å². The van der Waals surface area contributed by atoms with Crippen molar-refractivity contribution in [3.63, 3.8) is 0 Å². The van der Waals surface area contributed by atoms with Crippen molar-refractivity contribution in [2.75, 3.05) is 18.5 Å². The van der Waals surface area contributed by atoms with Gasteiger partial charge in [-0.2, -0.15) is 4.98 Å². The van der Waals surface area contributed by atoms with Gasteiger partial charge in [0.25, 0.3) is 0 Å². The fourth-order valence-corrected chi connectivity index (χ4v) is 6.79. The summed E-state index contributed by atoms with van der Waals surface area (Å²) in [6.07, 6.45) is -2.66. The van der Waals surface area contributed by atoms with Crippen LogP contribution in [0.3, 0.4) is 0 Å². The number of alkyl halides is 1. The SMILES string of the molecule is CC(C)OC(=O)[C@H](C)CP(=O)(OC[C@H]1S[C@@H](n2ccc(N)nc2=O)[C@@H](F)[C@@H]1O)Oc1ccccc1. The van der Waals surface area contributed by atoms with Crippen LogP contribution in [-0.2, 0) is 18.6 Å². The van der Waals surface area contributed by atoms with Gasteiger partial charge in [-0.3, -0.25) is 13.9 Å². The van der Waals surface area contributed by atoms with E-state index in [1.165, 1.54) is 12.3 Å². The molecule has 2 heterocycles. The highest BCUT2D eigenvalue weighted by Crippen LogP contribution is 2.52. The highest BCUT2D eigenvalue weighted by molar-refractivity contribution is 8.00. The summed E-state index contributed by atoms with van der Waals surface area (Å²) in [5, 5.41) is 8.50. The molecule has 1 saturated heterocycles. The van der Waals surface area contributed by atoms with Crippen molar-refractivity contribution in [3.05, 3.63) is 53.1 Å². The van der Waals surface area contributed by atoms with E-state index in [1.54, 1.807) is 51.1 Å². The maximum absolute atomic E-state index is 14.9. The monoisotopic (exact) mass is 529 g/mol. The number of nitrogen functional groups attached to an aromatic ring is 1. The zero-order valence-corrected chi connectivity index (χ0v) is 21.2. The van der Waals surface area contributed by atoms with Crippen LogP contribution >= 0.6 is 19.4 Å². The van der Waals surface area contributed by atoms with Crippen LogP contribution in [-0.4, -0.2) is 57.0 Å². The molecule has 0 bridgehead atoms. The van der Waals surface area contributed by atoms with Crippen molar-refractivity contribution in [1.82, 2.24) is 9.55 Å². The number of carbonyl (C=O) groups is 1. The van der Waals surface area contributed by atoms with Crippen LogP contribution in [0.4, 0.5) is 10.2 Å². The lowest BCUT2D eigenvalue weighted by Gasteiger charge is -2.24. The Balaban J connectivity index is 1.75. The second kappa shape index (κ2) is 11.6. The van der Waals surface area contributed by atoms with Gasteiger partial charge in [-0.15, -0.1) is 11.8 Å². The number of anilines is 1. The highest BCUT2D eigenvalue weighted by Gasteiger charge is 2.46. The summed E-state index contributed by atoms with van der Waals surface area (Å²) in [6.45, 7) is 4.59. The highest BCUT2D eigenvalue weighted by atomic mass is 32.2.